The van der Waals surface area contributed by atoms with Gasteiger partial charge in [0.15, 0.2) is 0 Å². The number of β-amino-alcohol motifs (C(OH)–C–C–N with tert-alkyl or cyclic N) is 1. The lowest BCUT2D eigenvalue weighted by Gasteiger charge is -2.38. The number of aliphatic hydroxyl groups excluding tert-OH is 3. The van der Waals surface area contributed by atoms with Crippen molar-refractivity contribution in [2.24, 2.45) is 5.92 Å². The average Bonchev–Trinajstić information content (AvgIpc) is 2.76. The Balaban J connectivity index is 1.73. The molecule has 3 atom stereocenters. The summed E-state index contributed by atoms with van der Waals surface area (Å²) in [6, 6.07) is 0. The van der Waals surface area contributed by atoms with Crippen molar-refractivity contribution in [1.82, 2.24) is 14.9 Å². The molecule has 0 aromatic carbocycles. The maximum atomic E-state index is 11.0. The molecule has 1 aliphatic rings. The van der Waals surface area contributed by atoms with Crippen molar-refractivity contribution in [3.8, 4) is 5.88 Å². The lowest BCUT2D eigenvalue weighted by atomic mass is 9.93. The Morgan fingerprint density at radius 1 is 1.19 bits per heavy atom. The van der Waals surface area contributed by atoms with Crippen molar-refractivity contribution in [3.05, 3.63) is 16.2 Å². The lowest BCUT2D eigenvalue weighted by Crippen LogP contribution is -2.53. The van der Waals surface area contributed by atoms with Crippen molar-refractivity contribution < 1.29 is 20.4 Å². The first-order valence-electron chi connectivity index (χ1n) is 7.20. The van der Waals surface area contributed by atoms with E-state index in [2.05, 4.69) is 9.97 Å². The summed E-state index contributed by atoms with van der Waals surface area (Å²) >= 11 is 0. The molecule has 0 amide bonds. The molecule has 0 bridgehead atoms. The van der Waals surface area contributed by atoms with Crippen LogP contribution in [0.4, 0.5) is 0 Å². The van der Waals surface area contributed by atoms with E-state index in [-0.39, 0.29) is 18.4 Å². The summed E-state index contributed by atoms with van der Waals surface area (Å²) in [6.45, 7) is 1.54. The van der Waals surface area contributed by atoms with Crippen LogP contribution in [0.1, 0.15) is 18.5 Å². The summed E-state index contributed by atoms with van der Waals surface area (Å²) in [6.07, 6.45) is 0.468. The minimum Gasteiger partial charge on any atom is -0.493 e. The molecule has 1 aromatic rings. The summed E-state index contributed by atoms with van der Waals surface area (Å²) in [5, 5.41) is 38.1. The van der Waals surface area contributed by atoms with Gasteiger partial charge in [0, 0.05) is 25.6 Å². The predicted octanol–water partition coefficient (Wildman–Crippen LogP) is -1.62. The zero-order valence-electron chi connectivity index (χ0n) is 11.8. The Bertz CT molecular complexity index is 500. The number of nitrogens with zero attached hydrogens (tertiary/aromatic N) is 1. The molecule has 120 valence electrons. The third-order valence-electron chi connectivity index (χ3n) is 3.98. The van der Waals surface area contributed by atoms with E-state index in [0.717, 1.165) is 19.4 Å². The molecule has 21 heavy (non-hydrogen) atoms. The van der Waals surface area contributed by atoms with Crippen LogP contribution in [0.3, 0.4) is 0 Å². The van der Waals surface area contributed by atoms with Gasteiger partial charge in [0.1, 0.15) is 0 Å². The van der Waals surface area contributed by atoms with Crippen LogP contribution in [0.5, 0.6) is 5.88 Å². The molecule has 0 aliphatic carbocycles. The molecular formula is C13H23N3O5. The molecule has 2 rings (SSSR count). The summed E-state index contributed by atoms with van der Waals surface area (Å²) in [5.74, 6) is -0.435. The number of aryl methyl sites for hydroxylation is 1. The van der Waals surface area contributed by atoms with Crippen LogP contribution < -0.4 is 5.69 Å². The summed E-state index contributed by atoms with van der Waals surface area (Å²) in [5.41, 5.74) is 0.0868. The van der Waals surface area contributed by atoms with Gasteiger partial charge >= 0.3 is 5.69 Å². The Morgan fingerprint density at radius 2 is 1.95 bits per heavy atom. The second kappa shape index (κ2) is 7.08. The van der Waals surface area contributed by atoms with E-state index in [1.807, 2.05) is 4.90 Å². The maximum absolute atomic E-state index is 11.0. The normalized spacial score (nSPS) is 27.1. The number of piperidine rings is 1. The van der Waals surface area contributed by atoms with Gasteiger partial charge in [0.2, 0.25) is 5.88 Å². The second-order valence-electron chi connectivity index (χ2n) is 5.62. The van der Waals surface area contributed by atoms with Crippen molar-refractivity contribution in [3.63, 3.8) is 0 Å². The van der Waals surface area contributed by atoms with Gasteiger partial charge in [0.25, 0.3) is 0 Å². The van der Waals surface area contributed by atoms with E-state index >= 15 is 0 Å². The van der Waals surface area contributed by atoms with Crippen LogP contribution in [0.25, 0.3) is 0 Å². The number of aliphatic hydroxyl groups is 3. The monoisotopic (exact) mass is 301 g/mol. The standard InChI is InChI=1S/C13H23N3O5/c17-7-8-5-16(6-10(18)11(8)19)4-2-1-3-9-12(20)15-13(21)14-9/h8,10-11,17-20H,1-7H2,(H2,14,15,21)/t8-,10-,11-/m0/s1. The number of unbranched alkanes of at least 4 members (excludes halogenated alkanes) is 1. The Labute approximate surface area is 122 Å². The highest BCUT2D eigenvalue weighted by Gasteiger charge is 2.33. The molecule has 8 heteroatoms. The molecule has 8 nitrogen and oxygen atoms in total. The molecule has 0 saturated carbocycles. The molecule has 0 spiro atoms. The topological polar surface area (TPSA) is 133 Å². The van der Waals surface area contributed by atoms with Gasteiger partial charge in [-0.25, -0.2) is 4.79 Å². The minimum absolute atomic E-state index is 0.114. The molecular weight excluding hydrogens is 278 g/mol. The molecule has 1 aliphatic heterocycles. The van der Waals surface area contributed by atoms with Crippen molar-refractivity contribution in [2.75, 3.05) is 26.2 Å². The highest BCUT2D eigenvalue weighted by molar-refractivity contribution is 5.15. The molecule has 0 unspecified atom stereocenters. The highest BCUT2D eigenvalue weighted by Crippen LogP contribution is 2.18. The third kappa shape index (κ3) is 4.07. The zero-order valence-corrected chi connectivity index (χ0v) is 11.8. The molecule has 1 fully saturated rings. The SMILES string of the molecule is O=c1[nH]c(O)c(CCCCN2C[C@@H](CO)[C@H](O)[C@@H](O)C2)[nH]1. The average molecular weight is 301 g/mol. The number of H-pyrrole nitrogens is 2. The predicted molar refractivity (Wildman–Crippen MR) is 75.0 cm³/mol. The summed E-state index contributed by atoms with van der Waals surface area (Å²) in [4.78, 5) is 17.8. The number of hydrogen-bond donors (Lipinski definition) is 6. The quantitative estimate of drug-likeness (QED) is 0.350. The fourth-order valence-electron chi connectivity index (χ4n) is 2.78. The van der Waals surface area contributed by atoms with Crippen molar-refractivity contribution in [2.45, 2.75) is 31.5 Å². The van der Waals surface area contributed by atoms with Crippen LogP contribution >= 0.6 is 0 Å². The van der Waals surface area contributed by atoms with Crippen LogP contribution in [-0.2, 0) is 6.42 Å². The highest BCUT2D eigenvalue weighted by atomic mass is 16.3. The third-order valence-corrected chi connectivity index (χ3v) is 3.98. The first kappa shape index (κ1) is 16.0. The molecule has 1 saturated heterocycles. The Morgan fingerprint density at radius 3 is 2.57 bits per heavy atom. The molecule has 6 N–H and O–H groups in total. The maximum Gasteiger partial charge on any atom is 0.325 e. The number of aromatic hydroxyl groups is 1. The lowest BCUT2D eigenvalue weighted by molar-refractivity contribution is -0.0861. The van der Waals surface area contributed by atoms with Gasteiger partial charge in [-0.2, -0.15) is 0 Å². The largest absolute Gasteiger partial charge is 0.493 e. The Kier molecular flexibility index (Phi) is 5.40. The van der Waals surface area contributed by atoms with Gasteiger partial charge in [-0.15, -0.1) is 0 Å². The molecule has 0 radical (unpaired) electrons. The van der Waals surface area contributed by atoms with Crippen molar-refractivity contribution >= 4 is 0 Å². The van der Waals surface area contributed by atoms with E-state index in [1.165, 1.54) is 0 Å². The fraction of sp³-hybridized carbons (Fsp3) is 0.769. The second-order valence-corrected chi connectivity index (χ2v) is 5.62. The van der Waals surface area contributed by atoms with Crippen molar-refractivity contribution in [1.29, 1.82) is 0 Å². The van der Waals surface area contributed by atoms with E-state index in [1.54, 1.807) is 0 Å². The first-order chi connectivity index (χ1) is 10.0. The van der Waals surface area contributed by atoms with Gasteiger partial charge in [-0.3, -0.25) is 4.98 Å². The summed E-state index contributed by atoms with van der Waals surface area (Å²) < 4.78 is 0. The molecule has 2 heterocycles. The van der Waals surface area contributed by atoms with Crippen LogP contribution in [0.2, 0.25) is 0 Å². The van der Waals surface area contributed by atoms with Gasteiger partial charge in [-0.05, 0) is 25.8 Å². The number of likely N-dealkylation sites (tertiary alicyclic amines) is 1. The number of nitrogens with one attached hydrogen (secondary N) is 2. The number of rotatable bonds is 6. The first-order valence-corrected chi connectivity index (χ1v) is 7.20. The van der Waals surface area contributed by atoms with E-state index < -0.39 is 17.9 Å². The van der Waals surface area contributed by atoms with Crippen LogP contribution in [-0.4, -0.2) is 73.7 Å². The van der Waals surface area contributed by atoms with E-state index in [4.69, 9.17) is 0 Å². The fourth-order valence-corrected chi connectivity index (χ4v) is 2.78. The summed E-state index contributed by atoms with van der Waals surface area (Å²) in [7, 11) is 0. The van der Waals surface area contributed by atoms with Crippen LogP contribution in [0.15, 0.2) is 4.79 Å². The number of aromatic amines is 2. The van der Waals surface area contributed by atoms with E-state index in [0.29, 0.717) is 25.2 Å². The molecule has 1 aromatic heterocycles. The smallest absolute Gasteiger partial charge is 0.325 e. The van der Waals surface area contributed by atoms with Gasteiger partial charge < -0.3 is 30.3 Å². The number of hydrogen-bond acceptors (Lipinski definition) is 6. The van der Waals surface area contributed by atoms with Gasteiger partial charge in [0.05, 0.1) is 17.9 Å². The zero-order chi connectivity index (χ0) is 15.4. The number of aromatic nitrogens is 2. The van der Waals surface area contributed by atoms with Crippen LogP contribution in [0, 0.1) is 5.92 Å². The number of imidazole rings is 1. The minimum atomic E-state index is -0.867. The Hall–Kier alpha value is -1.35. The van der Waals surface area contributed by atoms with Gasteiger partial charge in [-0.1, -0.05) is 0 Å². The van der Waals surface area contributed by atoms with E-state index in [9.17, 15) is 25.2 Å².